The van der Waals surface area contributed by atoms with Gasteiger partial charge in [-0.3, -0.25) is 14.4 Å². The first-order chi connectivity index (χ1) is 22.1. The van der Waals surface area contributed by atoms with Gasteiger partial charge in [0.1, 0.15) is 11.6 Å². The van der Waals surface area contributed by atoms with Crippen molar-refractivity contribution >= 4 is 32.3 Å². The Morgan fingerprint density at radius 3 is 2.50 bits per heavy atom. The maximum atomic E-state index is 15.0. The highest BCUT2D eigenvalue weighted by molar-refractivity contribution is 7.92. The van der Waals surface area contributed by atoms with Crippen LogP contribution in [0.4, 0.5) is 20.2 Å². The second kappa shape index (κ2) is 13.4. The van der Waals surface area contributed by atoms with E-state index in [4.69, 9.17) is 9.72 Å². The van der Waals surface area contributed by atoms with E-state index in [9.17, 15) is 21.2 Å². The molecule has 0 spiro atoms. The van der Waals surface area contributed by atoms with Crippen molar-refractivity contribution in [1.82, 2.24) is 14.8 Å². The number of pyridine rings is 1. The molecule has 2 aromatic heterocycles. The summed E-state index contributed by atoms with van der Waals surface area (Å²) in [6, 6.07) is 7.70. The molecule has 0 bridgehead atoms. The third-order valence-electron chi connectivity index (χ3n) is 8.57. The average Bonchev–Trinajstić information content (AvgIpc) is 3.58. The minimum atomic E-state index is -3.80. The van der Waals surface area contributed by atoms with Gasteiger partial charge in [0.05, 0.1) is 28.5 Å². The summed E-state index contributed by atoms with van der Waals surface area (Å²) in [4.78, 5) is 5.07. The van der Waals surface area contributed by atoms with Crippen LogP contribution in [0.5, 0.6) is 11.5 Å². The first-order valence-corrected chi connectivity index (χ1v) is 18.2. The number of sulfonamides is 1. The van der Waals surface area contributed by atoms with Crippen LogP contribution >= 0.6 is 0 Å². The monoisotopic (exact) mass is 671 g/mol. The fraction of sp³-hybridized carbons (Fsp3) is 0.375. The number of halogens is 2. The molecule has 2 N–H and O–H groups in total. The molecule has 6 rings (SSSR count). The highest BCUT2D eigenvalue weighted by Gasteiger charge is 2.31. The summed E-state index contributed by atoms with van der Waals surface area (Å²) in [7, 11) is -6.93. The molecular formula is C32H35F2N5O5S2. The van der Waals surface area contributed by atoms with Crippen molar-refractivity contribution in [3.8, 4) is 28.3 Å². The summed E-state index contributed by atoms with van der Waals surface area (Å²) in [5.41, 5.74) is 3.87. The van der Waals surface area contributed by atoms with Gasteiger partial charge in [0.2, 0.25) is 20.9 Å². The minimum Gasteiger partial charge on any atom is -0.454 e. The third-order valence-corrected chi connectivity index (χ3v) is 10.3. The number of nitrogens with zero attached hydrogens (tertiary/aromatic N) is 3. The van der Waals surface area contributed by atoms with Crippen LogP contribution in [0, 0.1) is 11.6 Å². The fourth-order valence-corrected chi connectivity index (χ4v) is 7.43. The van der Waals surface area contributed by atoms with Gasteiger partial charge in [-0.1, -0.05) is 19.3 Å². The molecule has 2 aliphatic rings. The standard InChI is InChI=1S/C32H35F2N5O5S2/c1-2-46(42,43)38-26-18-23(29(19-27(26)39-16-8-15-35-39)44-28-14-13-21(33)17-24(28)34)30-22-11-6-7-12-25(22)36-31(32(30)37-45(40)41)20-9-4-3-5-10-20/h8,13-20,38,45H,2-7,9-12H2,1H3,(H,37,40,41). The Labute approximate surface area is 268 Å². The molecule has 0 atom stereocenters. The predicted molar refractivity (Wildman–Crippen MR) is 173 cm³/mol. The summed E-state index contributed by atoms with van der Waals surface area (Å²) >= 11 is 0. The van der Waals surface area contributed by atoms with Gasteiger partial charge >= 0.3 is 0 Å². The van der Waals surface area contributed by atoms with Gasteiger partial charge in [-0.05, 0) is 75.3 Å². The lowest BCUT2D eigenvalue weighted by molar-refractivity contribution is 0.435. The molecule has 0 saturated heterocycles. The predicted octanol–water partition coefficient (Wildman–Crippen LogP) is 6.63. The van der Waals surface area contributed by atoms with Crippen molar-refractivity contribution in [1.29, 1.82) is 0 Å². The topological polar surface area (TPSA) is 132 Å². The van der Waals surface area contributed by atoms with Gasteiger partial charge < -0.3 is 4.74 Å². The molecule has 0 radical (unpaired) electrons. The van der Waals surface area contributed by atoms with E-state index in [2.05, 4.69) is 14.5 Å². The van der Waals surface area contributed by atoms with Crippen molar-refractivity contribution in [2.75, 3.05) is 15.2 Å². The largest absolute Gasteiger partial charge is 0.454 e. The molecule has 1 fully saturated rings. The Morgan fingerprint density at radius 1 is 1.02 bits per heavy atom. The average molecular weight is 672 g/mol. The number of nitrogens with one attached hydrogen (secondary N) is 2. The number of aromatic nitrogens is 3. The Bertz CT molecular complexity index is 1930. The zero-order chi connectivity index (χ0) is 32.4. The van der Waals surface area contributed by atoms with E-state index >= 15 is 4.39 Å². The number of benzene rings is 2. The molecule has 10 nitrogen and oxygen atoms in total. The van der Waals surface area contributed by atoms with Gasteiger partial charge in [-0.15, -0.1) is 0 Å². The van der Waals surface area contributed by atoms with Crippen LogP contribution < -0.4 is 14.2 Å². The molecule has 2 aromatic carbocycles. The molecule has 14 heteroatoms. The van der Waals surface area contributed by atoms with Crippen LogP contribution in [-0.4, -0.2) is 37.4 Å². The quantitative estimate of drug-likeness (QED) is 0.161. The van der Waals surface area contributed by atoms with Crippen LogP contribution in [-0.2, 0) is 33.8 Å². The maximum Gasteiger partial charge on any atom is 0.232 e. The van der Waals surface area contributed by atoms with Gasteiger partial charge in [-0.2, -0.15) is 5.10 Å². The number of hydrogen-bond donors (Lipinski definition) is 3. The normalized spacial score (nSPS) is 15.5. The molecule has 4 aromatic rings. The Balaban J connectivity index is 1.69. The fourth-order valence-electron chi connectivity index (χ4n) is 6.38. The van der Waals surface area contributed by atoms with Crippen LogP contribution in [0.3, 0.4) is 0 Å². The molecular weight excluding hydrogens is 637 g/mol. The van der Waals surface area contributed by atoms with Gasteiger partial charge in [0, 0.05) is 47.3 Å². The molecule has 1 saturated carbocycles. The Morgan fingerprint density at radius 2 is 1.80 bits per heavy atom. The molecule has 0 unspecified atom stereocenters. The zero-order valence-electron chi connectivity index (χ0n) is 25.3. The smallest absolute Gasteiger partial charge is 0.232 e. The number of anilines is 2. The third kappa shape index (κ3) is 6.73. The van der Waals surface area contributed by atoms with Gasteiger partial charge in [-0.25, -0.2) is 30.3 Å². The van der Waals surface area contributed by atoms with Crippen molar-refractivity contribution in [2.45, 2.75) is 70.6 Å². The van der Waals surface area contributed by atoms with Crippen LogP contribution in [0.1, 0.15) is 74.7 Å². The molecule has 244 valence electrons. The number of thiol groups is 1. The number of hydrogen-bond acceptors (Lipinski definition) is 7. The molecule has 2 heterocycles. The highest BCUT2D eigenvalue weighted by Crippen LogP contribution is 2.49. The zero-order valence-corrected chi connectivity index (χ0v) is 27.0. The molecule has 46 heavy (non-hydrogen) atoms. The summed E-state index contributed by atoms with van der Waals surface area (Å²) < 4.78 is 92.5. The number of rotatable bonds is 10. The Hall–Kier alpha value is -4.04. The summed E-state index contributed by atoms with van der Waals surface area (Å²) in [6.45, 7) is 1.51. The molecule has 0 amide bonds. The highest BCUT2D eigenvalue weighted by atomic mass is 32.2. The van der Waals surface area contributed by atoms with E-state index in [0.29, 0.717) is 41.4 Å². The first kappa shape index (κ1) is 31.9. The second-order valence-electron chi connectivity index (χ2n) is 11.6. The molecule has 0 aliphatic heterocycles. The molecule has 2 aliphatic carbocycles. The van der Waals surface area contributed by atoms with E-state index in [1.807, 2.05) is 0 Å². The summed E-state index contributed by atoms with van der Waals surface area (Å²) in [6.07, 6.45) is 10.9. The van der Waals surface area contributed by atoms with Crippen molar-refractivity contribution in [2.24, 2.45) is 0 Å². The van der Waals surface area contributed by atoms with Gasteiger partial charge in [0.15, 0.2) is 11.6 Å². The number of ether oxygens (including phenoxy) is 1. The summed E-state index contributed by atoms with van der Waals surface area (Å²) in [5, 5.41) is 4.29. The number of aryl methyl sites for hydroxylation is 1. The SMILES string of the molecule is CCS(=O)(=O)Nc1cc(-c2c3c(nc(C4CCCCC4)c2N[SH](=O)=O)CCCC3)c(Oc2ccc(F)cc2F)cc1-n1cccn1. The first-order valence-electron chi connectivity index (χ1n) is 15.4. The van der Waals surface area contributed by atoms with Crippen molar-refractivity contribution in [3.05, 3.63) is 77.4 Å². The maximum absolute atomic E-state index is 15.0. The van der Waals surface area contributed by atoms with Crippen LogP contribution in [0.15, 0.2) is 48.8 Å². The lowest BCUT2D eigenvalue weighted by atomic mass is 9.81. The minimum absolute atomic E-state index is 0.0116. The number of fused-ring (bicyclic) bond motifs is 1. The van der Waals surface area contributed by atoms with Crippen molar-refractivity contribution in [3.63, 3.8) is 0 Å². The Kier molecular flexibility index (Phi) is 9.27. The van der Waals surface area contributed by atoms with E-state index < -0.39 is 32.5 Å². The van der Waals surface area contributed by atoms with Gasteiger partial charge in [0.25, 0.3) is 0 Å². The van der Waals surface area contributed by atoms with E-state index in [0.717, 1.165) is 62.3 Å². The van der Waals surface area contributed by atoms with E-state index in [1.54, 1.807) is 18.3 Å². The second-order valence-corrected chi connectivity index (χ2v) is 14.3. The van der Waals surface area contributed by atoms with E-state index in [-0.39, 0.29) is 34.5 Å². The lowest BCUT2D eigenvalue weighted by Crippen LogP contribution is -2.18. The van der Waals surface area contributed by atoms with Crippen LogP contribution in [0.2, 0.25) is 0 Å². The summed E-state index contributed by atoms with van der Waals surface area (Å²) in [5.74, 6) is -2.10. The van der Waals surface area contributed by atoms with Crippen LogP contribution in [0.25, 0.3) is 16.8 Å². The van der Waals surface area contributed by atoms with Crippen molar-refractivity contribution < 1.29 is 30.4 Å². The van der Waals surface area contributed by atoms with E-state index in [1.165, 1.54) is 29.9 Å². The lowest BCUT2D eigenvalue weighted by Gasteiger charge is -2.29.